The Balaban J connectivity index is 2.66. The molecule has 3 nitrogen and oxygen atoms in total. The minimum Gasteiger partial charge on any atom is -0.506 e. The number of rotatable bonds is 1. The van der Waals surface area contributed by atoms with Gasteiger partial charge >= 0.3 is 6.18 Å². The summed E-state index contributed by atoms with van der Waals surface area (Å²) >= 11 is 4.89. The van der Waals surface area contributed by atoms with Crippen LogP contribution in [0.3, 0.4) is 0 Å². The van der Waals surface area contributed by atoms with Gasteiger partial charge in [-0.25, -0.2) is 4.98 Å². The van der Waals surface area contributed by atoms with Crippen molar-refractivity contribution in [2.45, 2.75) is 12.6 Å². The first-order valence-electron chi connectivity index (χ1n) is 4.39. The van der Waals surface area contributed by atoms with E-state index in [1.807, 2.05) is 0 Å². The lowest BCUT2D eigenvalue weighted by Crippen LogP contribution is -2.14. The molecule has 2 heterocycles. The molecule has 2 aromatic heterocycles. The van der Waals surface area contributed by atoms with Gasteiger partial charge in [-0.2, -0.15) is 13.2 Å². The Hall–Kier alpha value is -0.510. The van der Waals surface area contributed by atoms with Crippen molar-refractivity contribution in [3.05, 3.63) is 26.1 Å². The van der Waals surface area contributed by atoms with Gasteiger partial charge in [0, 0.05) is 0 Å². The zero-order valence-electron chi connectivity index (χ0n) is 8.09. The van der Waals surface area contributed by atoms with Crippen LogP contribution in [0.4, 0.5) is 13.2 Å². The van der Waals surface area contributed by atoms with Crippen molar-refractivity contribution in [2.24, 2.45) is 0 Å². The lowest BCUT2D eigenvalue weighted by Gasteiger charge is -2.07. The maximum Gasteiger partial charge on any atom is 0.394 e. The van der Waals surface area contributed by atoms with Crippen LogP contribution < -0.4 is 0 Å². The Kier molecular flexibility index (Phi) is 3.27. The molecule has 0 unspecified atom stereocenters. The molecule has 8 heteroatoms. The fourth-order valence-electron chi connectivity index (χ4n) is 1.46. The Morgan fingerprint density at radius 2 is 2.12 bits per heavy atom. The number of nitrogens with zero attached hydrogens (tertiary/aromatic N) is 2. The second-order valence-corrected chi connectivity index (χ2v) is 5.26. The van der Waals surface area contributed by atoms with E-state index in [1.165, 1.54) is 16.7 Å². The molecule has 17 heavy (non-hydrogen) atoms. The minimum atomic E-state index is -4.31. The van der Waals surface area contributed by atoms with Crippen molar-refractivity contribution in [3.63, 3.8) is 0 Å². The van der Waals surface area contributed by atoms with Gasteiger partial charge in [0.15, 0.2) is 5.65 Å². The first kappa shape index (κ1) is 12.9. The molecule has 0 spiro atoms. The summed E-state index contributed by atoms with van der Waals surface area (Å²) < 4.78 is 39.2. The number of aromatic nitrogens is 2. The van der Waals surface area contributed by atoms with E-state index in [1.54, 1.807) is 22.6 Å². The predicted octanol–water partition coefficient (Wildman–Crippen LogP) is 3.51. The largest absolute Gasteiger partial charge is 0.506 e. The molecule has 1 N–H and O–H groups in total. The maximum absolute atomic E-state index is 12.4. The molecule has 0 amide bonds. The normalized spacial score (nSPS) is 12.3. The van der Waals surface area contributed by atoms with E-state index in [4.69, 9.17) is 0 Å². The number of pyridine rings is 1. The number of hydrogen-bond acceptors (Lipinski definition) is 2. The fraction of sp³-hybridized carbons (Fsp3) is 0.222. The van der Waals surface area contributed by atoms with Gasteiger partial charge in [0.2, 0.25) is 0 Å². The van der Waals surface area contributed by atoms with Crippen LogP contribution in [-0.4, -0.2) is 20.7 Å². The second-order valence-electron chi connectivity index (χ2n) is 3.38. The van der Waals surface area contributed by atoms with Crippen LogP contribution >= 0.6 is 38.5 Å². The predicted molar refractivity (Wildman–Crippen MR) is 67.0 cm³/mol. The maximum atomic E-state index is 12.4. The standard InChI is InChI=1S/C9H5BrF3IN2O/c10-5-1-4(17)3-16-6(2-9(11,12)13)7(14)15-8(5)16/h1,3,17H,2H2. The molecular formula is C9H5BrF3IN2O. The highest BCUT2D eigenvalue weighted by Gasteiger charge is 2.31. The van der Waals surface area contributed by atoms with Crippen LogP contribution in [0.1, 0.15) is 5.69 Å². The summed E-state index contributed by atoms with van der Waals surface area (Å²) in [4.78, 5) is 4.03. The third-order valence-corrected chi connectivity index (χ3v) is 3.53. The average Bonchev–Trinajstić information content (AvgIpc) is 2.43. The van der Waals surface area contributed by atoms with Crippen molar-refractivity contribution in [3.8, 4) is 5.75 Å². The van der Waals surface area contributed by atoms with Crippen LogP contribution in [-0.2, 0) is 6.42 Å². The zero-order chi connectivity index (χ0) is 12.8. The number of fused-ring (bicyclic) bond motifs is 1. The van der Waals surface area contributed by atoms with Crippen LogP contribution in [0.25, 0.3) is 5.65 Å². The van der Waals surface area contributed by atoms with Gasteiger partial charge in [-0.15, -0.1) is 0 Å². The summed E-state index contributed by atoms with van der Waals surface area (Å²) in [5, 5.41) is 9.38. The SMILES string of the molecule is Oc1cc(Br)c2nc(I)c(CC(F)(F)F)n2c1. The summed E-state index contributed by atoms with van der Waals surface area (Å²) in [6.45, 7) is 0. The van der Waals surface area contributed by atoms with Crippen LogP contribution in [0.15, 0.2) is 16.7 Å². The molecule has 92 valence electrons. The third kappa shape index (κ3) is 2.67. The summed E-state index contributed by atoms with van der Waals surface area (Å²) in [5.41, 5.74) is 0.371. The smallest absolute Gasteiger partial charge is 0.394 e. The van der Waals surface area contributed by atoms with Gasteiger partial charge in [0.25, 0.3) is 0 Å². The van der Waals surface area contributed by atoms with E-state index >= 15 is 0 Å². The monoisotopic (exact) mass is 420 g/mol. The summed E-state index contributed by atoms with van der Waals surface area (Å²) in [5.74, 6) is -0.124. The molecule has 0 radical (unpaired) electrons. The Morgan fingerprint density at radius 3 is 2.71 bits per heavy atom. The minimum absolute atomic E-state index is 0.0182. The molecule has 0 saturated heterocycles. The van der Waals surface area contributed by atoms with Gasteiger partial charge in [-0.3, -0.25) is 4.40 Å². The van der Waals surface area contributed by atoms with Crippen LogP contribution in [0, 0.1) is 3.70 Å². The molecule has 2 aromatic rings. The third-order valence-electron chi connectivity index (χ3n) is 2.08. The van der Waals surface area contributed by atoms with Gasteiger partial charge in [0.1, 0.15) is 9.45 Å². The molecule has 0 bridgehead atoms. The molecule has 2 rings (SSSR count). The highest BCUT2D eigenvalue weighted by atomic mass is 127. The van der Waals surface area contributed by atoms with E-state index in [2.05, 4.69) is 20.9 Å². The molecular weight excluding hydrogens is 416 g/mol. The molecule has 0 aliphatic heterocycles. The summed E-state index contributed by atoms with van der Waals surface area (Å²) in [6, 6.07) is 1.38. The molecule has 0 aromatic carbocycles. The number of halogens is 5. The van der Waals surface area contributed by atoms with E-state index < -0.39 is 12.6 Å². The average molecular weight is 421 g/mol. The first-order valence-corrected chi connectivity index (χ1v) is 6.27. The number of hydrogen-bond donors (Lipinski definition) is 1. The molecule has 0 fully saturated rings. The van der Waals surface area contributed by atoms with Crippen molar-refractivity contribution in [1.29, 1.82) is 0 Å². The fourth-order valence-corrected chi connectivity index (χ4v) is 2.65. The van der Waals surface area contributed by atoms with Crippen molar-refractivity contribution in [1.82, 2.24) is 9.38 Å². The lowest BCUT2D eigenvalue weighted by atomic mass is 10.3. The van der Waals surface area contributed by atoms with Crippen molar-refractivity contribution >= 4 is 44.2 Å². The highest BCUT2D eigenvalue weighted by molar-refractivity contribution is 14.1. The zero-order valence-corrected chi connectivity index (χ0v) is 11.8. The van der Waals surface area contributed by atoms with Crippen LogP contribution in [0.2, 0.25) is 0 Å². The quantitative estimate of drug-likeness (QED) is 0.717. The highest BCUT2D eigenvalue weighted by Crippen LogP contribution is 2.29. The Morgan fingerprint density at radius 1 is 1.47 bits per heavy atom. The van der Waals surface area contributed by atoms with Gasteiger partial charge in [0.05, 0.1) is 22.8 Å². The first-order chi connectivity index (χ1) is 7.78. The second kappa shape index (κ2) is 4.30. The lowest BCUT2D eigenvalue weighted by molar-refractivity contribution is -0.128. The Bertz CT molecular complexity index is 582. The van der Waals surface area contributed by atoms with E-state index in [-0.39, 0.29) is 15.1 Å². The van der Waals surface area contributed by atoms with Gasteiger partial charge in [-0.05, 0) is 44.6 Å². The molecule has 0 saturated carbocycles. The number of alkyl halides is 3. The van der Waals surface area contributed by atoms with Crippen molar-refractivity contribution < 1.29 is 18.3 Å². The number of aromatic hydroxyl groups is 1. The van der Waals surface area contributed by atoms with E-state index in [0.29, 0.717) is 10.1 Å². The molecule has 0 atom stereocenters. The van der Waals surface area contributed by atoms with E-state index in [0.717, 1.165) is 0 Å². The van der Waals surface area contributed by atoms with Gasteiger partial charge in [-0.1, -0.05) is 0 Å². The molecule has 0 aliphatic rings. The summed E-state index contributed by atoms with van der Waals surface area (Å²) in [7, 11) is 0. The van der Waals surface area contributed by atoms with Crippen LogP contribution in [0.5, 0.6) is 5.75 Å². The van der Waals surface area contributed by atoms with E-state index in [9.17, 15) is 18.3 Å². The van der Waals surface area contributed by atoms with Gasteiger partial charge < -0.3 is 5.11 Å². The number of imidazole rings is 1. The summed E-state index contributed by atoms with van der Waals surface area (Å²) in [6.07, 6.45) is -4.17. The topological polar surface area (TPSA) is 37.5 Å². The van der Waals surface area contributed by atoms with Crippen molar-refractivity contribution in [2.75, 3.05) is 0 Å². The molecule has 0 aliphatic carbocycles. The Labute approximate surface area is 116 Å².